The van der Waals surface area contributed by atoms with E-state index in [1.54, 1.807) is 0 Å². The molecule has 2 saturated heterocycles. The van der Waals surface area contributed by atoms with Crippen molar-refractivity contribution in [2.75, 3.05) is 26.2 Å². The van der Waals surface area contributed by atoms with E-state index in [9.17, 15) is 24.6 Å². The largest absolute Gasteiger partial charge is 0.480 e. The molecule has 0 saturated carbocycles. The Hall–Kier alpha value is -1.79. The minimum Gasteiger partial charge on any atom is -0.480 e. The number of carboxylic acids is 1. The third-order valence-corrected chi connectivity index (χ3v) is 3.77. The highest BCUT2D eigenvalue weighted by Crippen LogP contribution is 2.26. The Kier molecular flexibility index (Phi) is 5.49. The number of hydrogen-bond acceptors (Lipinski definition) is 8. The summed E-state index contributed by atoms with van der Waals surface area (Å²) in [5, 5.41) is 41.9. The number of amides is 3. The van der Waals surface area contributed by atoms with Gasteiger partial charge in [-0.3, -0.25) is 19.8 Å². The first-order valence-corrected chi connectivity index (χ1v) is 7.01. The van der Waals surface area contributed by atoms with Crippen molar-refractivity contribution < 1.29 is 39.5 Å². The summed E-state index contributed by atoms with van der Waals surface area (Å²) >= 11 is 0. The van der Waals surface area contributed by atoms with Gasteiger partial charge in [0.05, 0.1) is 19.1 Å². The van der Waals surface area contributed by atoms with Gasteiger partial charge < -0.3 is 30.5 Å². The van der Waals surface area contributed by atoms with Crippen molar-refractivity contribution in [2.24, 2.45) is 5.92 Å². The van der Waals surface area contributed by atoms with Gasteiger partial charge in [0.25, 0.3) is 0 Å². The summed E-state index contributed by atoms with van der Waals surface area (Å²) in [7, 11) is 0. The van der Waals surface area contributed by atoms with Gasteiger partial charge in [-0.15, -0.1) is 0 Å². The Morgan fingerprint density at radius 1 is 1.35 bits per heavy atom. The van der Waals surface area contributed by atoms with E-state index in [4.69, 9.17) is 14.9 Å². The second kappa shape index (κ2) is 7.19. The molecular formula is C12H19N3O8. The number of nitrogens with one attached hydrogen (secondary N) is 2. The second-order valence-electron chi connectivity index (χ2n) is 5.40. The van der Waals surface area contributed by atoms with Crippen molar-refractivity contribution in [1.82, 2.24) is 15.5 Å². The molecule has 0 bridgehead atoms. The van der Waals surface area contributed by atoms with Crippen LogP contribution >= 0.6 is 0 Å². The third kappa shape index (κ3) is 3.76. The number of aliphatic hydroxyl groups is 3. The van der Waals surface area contributed by atoms with Crippen LogP contribution in [-0.4, -0.2) is 94.0 Å². The number of ether oxygens (including phenoxy) is 1. The molecule has 2 heterocycles. The first-order chi connectivity index (χ1) is 10.8. The van der Waals surface area contributed by atoms with Crippen molar-refractivity contribution in [1.29, 1.82) is 0 Å². The Labute approximate surface area is 130 Å². The summed E-state index contributed by atoms with van der Waals surface area (Å²) in [5.41, 5.74) is 0. The lowest BCUT2D eigenvalue weighted by molar-refractivity contribution is -0.137. The Balaban J connectivity index is 2.02. The number of aliphatic hydroxyl groups excluding tert-OH is 3. The lowest BCUT2D eigenvalue weighted by Crippen LogP contribution is -2.61. The second-order valence-corrected chi connectivity index (χ2v) is 5.40. The van der Waals surface area contributed by atoms with E-state index in [1.807, 2.05) is 0 Å². The molecule has 11 nitrogen and oxygen atoms in total. The zero-order valence-corrected chi connectivity index (χ0v) is 12.1. The number of hydrogen-bond donors (Lipinski definition) is 6. The molecule has 2 aliphatic heterocycles. The average molecular weight is 333 g/mol. The molecule has 6 N–H and O–H groups in total. The van der Waals surface area contributed by atoms with Crippen LogP contribution in [0.1, 0.15) is 0 Å². The molecule has 0 radical (unpaired) electrons. The fraction of sp³-hybridized carbons (Fsp3) is 0.750. The highest BCUT2D eigenvalue weighted by atomic mass is 16.6. The van der Waals surface area contributed by atoms with Gasteiger partial charge in [-0.25, -0.2) is 4.79 Å². The summed E-state index contributed by atoms with van der Waals surface area (Å²) in [4.78, 5) is 35.2. The number of aliphatic carboxylic acids is 1. The summed E-state index contributed by atoms with van der Waals surface area (Å²) in [6.45, 7) is -0.987. The molecule has 0 aromatic heterocycles. The van der Waals surface area contributed by atoms with Gasteiger partial charge in [-0.05, 0) is 0 Å². The van der Waals surface area contributed by atoms with Crippen molar-refractivity contribution >= 4 is 17.9 Å². The number of imide groups is 1. The summed E-state index contributed by atoms with van der Waals surface area (Å²) in [5.74, 6) is -2.40. The highest BCUT2D eigenvalue weighted by molar-refractivity contribution is 5.98. The van der Waals surface area contributed by atoms with Crippen LogP contribution in [0.2, 0.25) is 0 Å². The van der Waals surface area contributed by atoms with Gasteiger partial charge in [-0.2, -0.15) is 0 Å². The fourth-order valence-corrected chi connectivity index (χ4v) is 2.55. The zero-order valence-electron chi connectivity index (χ0n) is 12.1. The highest BCUT2D eigenvalue weighted by Gasteiger charge is 2.48. The van der Waals surface area contributed by atoms with Gasteiger partial charge >= 0.3 is 12.0 Å². The van der Waals surface area contributed by atoms with Crippen molar-refractivity contribution in [2.45, 2.75) is 24.5 Å². The molecule has 2 rings (SSSR count). The van der Waals surface area contributed by atoms with Crippen molar-refractivity contribution in [3.8, 4) is 0 Å². The minimum atomic E-state index is -1.43. The maximum atomic E-state index is 11.9. The van der Waals surface area contributed by atoms with E-state index >= 15 is 0 Å². The topological polar surface area (TPSA) is 169 Å². The van der Waals surface area contributed by atoms with Crippen molar-refractivity contribution in [3.63, 3.8) is 0 Å². The summed E-state index contributed by atoms with van der Waals surface area (Å²) in [6, 6.07) is -0.792. The monoisotopic (exact) mass is 333 g/mol. The van der Waals surface area contributed by atoms with E-state index in [0.717, 1.165) is 4.90 Å². The standard InChI is InChI=1S/C12H19N3O8/c16-4-6-8(19)9(20)11(23-6)15-3-5(1-13-2-7(17)18)10(21)14-12(15)22/h5-6,8-9,11,13,16,19-20H,1-4H2,(H,17,18)(H,14,21,22)/t5?,6-,8-,9-,11-/m1/s1. The van der Waals surface area contributed by atoms with Gasteiger partial charge in [0.2, 0.25) is 5.91 Å². The average Bonchev–Trinajstić information content (AvgIpc) is 2.77. The predicted molar refractivity (Wildman–Crippen MR) is 72.0 cm³/mol. The molecule has 23 heavy (non-hydrogen) atoms. The van der Waals surface area contributed by atoms with Crippen molar-refractivity contribution in [3.05, 3.63) is 0 Å². The maximum Gasteiger partial charge on any atom is 0.326 e. The molecule has 11 heteroatoms. The lowest BCUT2D eigenvalue weighted by Gasteiger charge is -2.36. The van der Waals surface area contributed by atoms with Gasteiger partial charge in [0.1, 0.15) is 18.3 Å². The first kappa shape index (κ1) is 17.6. The van der Waals surface area contributed by atoms with Gasteiger partial charge in [0, 0.05) is 13.1 Å². The quantitative estimate of drug-likeness (QED) is 0.286. The molecule has 130 valence electrons. The number of carbonyl (C=O) groups is 3. The molecule has 0 aromatic rings. The van der Waals surface area contributed by atoms with Crippen LogP contribution in [0.25, 0.3) is 0 Å². The Bertz CT molecular complexity index is 487. The van der Waals surface area contributed by atoms with Crippen LogP contribution < -0.4 is 10.6 Å². The lowest BCUT2D eigenvalue weighted by atomic mass is 10.0. The molecule has 2 aliphatic rings. The van der Waals surface area contributed by atoms with Crippen LogP contribution in [-0.2, 0) is 14.3 Å². The minimum absolute atomic E-state index is 0.0106. The van der Waals surface area contributed by atoms with E-state index in [0.29, 0.717) is 0 Å². The SMILES string of the molecule is O=C(O)CNCC1CN([C@@H]2O[C@H](CO)[C@@H](O)[C@H]2O)C(=O)NC1=O. The number of carbonyl (C=O) groups excluding carboxylic acids is 2. The number of urea groups is 1. The predicted octanol–water partition coefficient (Wildman–Crippen LogP) is -3.73. The van der Waals surface area contributed by atoms with Crippen LogP contribution in [0.3, 0.4) is 0 Å². The zero-order chi connectivity index (χ0) is 17.1. The van der Waals surface area contributed by atoms with E-state index in [-0.39, 0.29) is 19.6 Å². The molecule has 0 aliphatic carbocycles. The Morgan fingerprint density at radius 3 is 2.61 bits per heavy atom. The van der Waals surface area contributed by atoms with E-state index < -0.39 is 55.0 Å². The molecule has 5 atom stereocenters. The van der Waals surface area contributed by atoms with Gasteiger partial charge in [0.15, 0.2) is 6.23 Å². The molecule has 3 amide bonds. The fourth-order valence-electron chi connectivity index (χ4n) is 2.55. The number of rotatable bonds is 6. The smallest absolute Gasteiger partial charge is 0.326 e. The normalized spacial score (nSPS) is 34.6. The molecule has 0 aromatic carbocycles. The van der Waals surface area contributed by atoms with E-state index in [1.165, 1.54) is 0 Å². The number of nitrogens with zero attached hydrogens (tertiary/aromatic N) is 1. The Morgan fingerprint density at radius 2 is 2.04 bits per heavy atom. The van der Waals surface area contributed by atoms with Crippen LogP contribution in [0, 0.1) is 5.92 Å². The molecule has 2 fully saturated rings. The first-order valence-electron chi connectivity index (χ1n) is 7.01. The van der Waals surface area contributed by atoms with Gasteiger partial charge in [-0.1, -0.05) is 0 Å². The summed E-state index contributed by atoms with van der Waals surface area (Å²) in [6.07, 6.45) is -5.04. The third-order valence-electron chi connectivity index (χ3n) is 3.77. The summed E-state index contributed by atoms with van der Waals surface area (Å²) < 4.78 is 5.26. The van der Waals surface area contributed by atoms with Crippen LogP contribution in [0.5, 0.6) is 0 Å². The van der Waals surface area contributed by atoms with Crippen LogP contribution in [0.4, 0.5) is 4.79 Å². The molecular weight excluding hydrogens is 314 g/mol. The van der Waals surface area contributed by atoms with E-state index in [2.05, 4.69) is 10.6 Å². The molecule has 0 spiro atoms. The maximum absolute atomic E-state index is 11.9. The van der Waals surface area contributed by atoms with Crippen LogP contribution in [0.15, 0.2) is 0 Å². The molecule has 1 unspecified atom stereocenters. The number of carboxylic acid groups (broad SMARTS) is 1.